The van der Waals surface area contributed by atoms with Crippen molar-refractivity contribution in [1.29, 1.82) is 0 Å². The Morgan fingerprint density at radius 3 is 2.05 bits per heavy atom. The first-order valence-corrected chi connectivity index (χ1v) is 13.5. The average Bonchev–Trinajstić information content (AvgIpc) is 3.26. The molecule has 2 amide bonds. The maximum Gasteiger partial charge on any atom is 0.339 e. The quantitative estimate of drug-likeness (QED) is 0.425. The summed E-state index contributed by atoms with van der Waals surface area (Å²) in [4.78, 5) is 48.8. The number of carbonyl (C=O) groups is 3. The number of carbonyl (C=O) groups excluding carboxylic acids is 2. The smallest absolute Gasteiger partial charge is 0.339 e. The largest absolute Gasteiger partial charge is 0.478 e. The second-order valence-corrected chi connectivity index (χ2v) is 9.86. The molecule has 0 spiro atoms. The van der Waals surface area contributed by atoms with Crippen LogP contribution in [0.5, 0.6) is 0 Å². The third-order valence-electron chi connectivity index (χ3n) is 7.22. The number of benzene rings is 3. The summed E-state index contributed by atoms with van der Waals surface area (Å²) in [5.74, 6) is -2.72. The van der Waals surface area contributed by atoms with Gasteiger partial charge in [-0.25, -0.2) is 14.8 Å². The van der Waals surface area contributed by atoms with Gasteiger partial charge in [-0.05, 0) is 68.7 Å². The highest BCUT2D eigenvalue weighted by atomic mass is 16.4. The summed E-state index contributed by atoms with van der Waals surface area (Å²) in [7, 11) is 0. The van der Waals surface area contributed by atoms with Gasteiger partial charge in [-0.1, -0.05) is 48.5 Å². The van der Waals surface area contributed by atoms with Gasteiger partial charge in [0.25, 0.3) is 11.8 Å². The van der Waals surface area contributed by atoms with E-state index in [1.807, 2.05) is 56.3 Å². The molecular formula is C32H31N5O4. The number of amides is 2. The van der Waals surface area contributed by atoms with Crippen molar-refractivity contribution in [2.24, 2.45) is 10.1 Å². The highest BCUT2D eigenvalue weighted by Gasteiger charge is 2.48. The van der Waals surface area contributed by atoms with Gasteiger partial charge in [-0.3, -0.25) is 14.5 Å². The standard InChI is InChI=1S/C32H31N5O4/c1-5-35(6-2)24-17-20(3)27(21(4)18-24)33-28-25(32(40)41)26-29(37(31(28)39)23-15-11-8-12-16-23)34-36(30(26)38)19-22-13-9-7-10-14-22/h7-18H,5-6,19H2,1-4H3,(H,40,41). The number of amidine groups is 1. The van der Waals surface area contributed by atoms with E-state index < -0.39 is 23.4 Å². The zero-order valence-electron chi connectivity index (χ0n) is 23.5. The summed E-state index contributed by atoms with van der Waals surface area (Å²) in [5.41, 5.74) is 3.42. The van der Waals surface area contributed by atoms with E-state index in [9.17, 15) is 19.5 Å². The first-order valence-electron chi connectivity index (χ1n) is 13.5. The molecular weight excluding hydrogens is 518 g/mol. The number of rotatable bonds is 8. The van der Waals surface area contributed by atoms with Crippen LogP contribution in [0.15, 0.2) is 94.0 Å². The number of aryl methyl sites for hydroxylation is 2. The van der Waals surface area contributed by atoms with E-state index in [2.05, 4.69) is 28.8 Å². The number of para-hydroxylation sites is 1. The van der Waals surface area contributed by atoms with Gasteiger partial charge in [0, 0.05) is 18.8 Å². The lowest BCUT2D eigenvalue weighted by Crippen LogP contribution is -2.49. The molecule has 0 saturated heterocycles. The Balaban J connectivity index is 1.71. The fourth-order valence-electron chi connectivity index (χ4n) is 5.22. The SMILES string of the molecule is CCN(CC)c1cc(C)c(N=C2C(=O)N(c3ccccc3)C3=NN(Cc4ccccc4)C(=O)C3=C2C(=O)O)c(C)c1. The molecule has 9 heteroatoms. The van der Waals surface area contributed by atoms with E-state index in [-0.39, 0.29) is 23.7 Å². The van der Waals surface area contributed by atoms with Crippen LogP contribution in [0.4, 0.5) is 17.1 Å². The van der Waals surface area contributed by atoms with Crippen LogP contribution in [0, 0.1) is 13.8 Å². The molecule has 2 aliphatic heterocycles. The van der Waals surface area contributed by atoms with Gasteiger partial charge >= 0.3 is 5.97 Å². The third-order valence-corrected chi connectivity index (χ3v) is 7.22. The first kappa shape index (κ1) is 27.5. The number of aliphatic carboxylic acids is 1. The van der Waals surface area contributed by atoms with E-state index in [0.29, 0.717) is 11.4 Å². The summed E-state index contributed by atoms with van der Waals surface area (Å²) in [6, 6.07) is 22.0. The van der Waals surface area contributed by atoms with Crippen LogP contribution in [0.1, 0.15) is 30.5 Å². The van der Waals surface area contributed by atoms with Crippen molar-refractivity contribution < 1.29 is 19.5 Å². The fraction of sp³-hybridized carbons (Fsp3) is 0.219. The minimum atomic E-state index is -1.42. The monoisotopic (exact) mass is 549 g/mol. The van der Waals surface area contributed by atoms with Crippen LogP contribution < -0.4 is 9.80 Å². The fourth-order valence-corrected chi connectivity index (χ4v) is 5.22. The molecule has 3 aromatic carbocycles. The van der Waals surface area contributed by atoms with Gasteiger partial charge < -0.3 is 10.0 Å². The lowest BCUT2D eigenvalue weighted by Gasteiger charge is -2.28. The average molecular weight is 550 g/mol. The van der Waals surface area contributed by atoms with Crippen molar-refractivity contribution in [3.8, 4) is 0 Å². The molecule has 208 valence electrons. The summed E-state index contributed by atoms with van der Waals surface area (Å²) in [6.07, 6.45) is 0. The summed E-state index contributed by atoms with van der Waals surface area (Å²) in [6.45, 7) is 9.68. The maximum absolute atomic E-state index is 14.1. The van der Waals surface area contributed by atoms with Crippen molar-refractivity contribution in [3.05, 3.63) is 101 Å². The second kappa shape index (κ2) is 11.2. The number of hydrogen-bond acceptors (Lipinski definition) is 6. The maximum atomic E-state index is 14.1. The molecule has 1 N–H and O–H groups in total. The van der Waals surface area contributed by atoms with Gasteiger partial charge in [-0.2, -0.15) is 0 Å². The van der Waals surface area contributed by atoms with Crippen LogP contribution in [-0.2, 0) is 20.9 Å². The molecule has 3 aromatic rings. The minimum absolute atomic E-state index is 0.0243. The van der Waals surface area contributed by atoms with Crippen molar-refractivity contribution in [3.63, 3.8) is 0 Å². The molecule has 0 unspecified atom stereocenters. The topological polar surface area (TPSA) is 106 Å². The normalized spacial score (nSPS) is 15.9. The number of aliphatic imine (C=N–C) groups is 1. The molecule has 0 saturated carbocycles. The number of hydrogen-bond donors (Lipinski definition) is 1. The van der Waals surface area contributed by atoms with Gasteiger partial charge in [-0.15, -0.1) is 5.10 Å². The van der Waals surface area contributed by atoms with Crippen LogP contribution in [0.25, 0.3) is 0 Å². The highest BCUT2D eigenvalue weighted by Crippen LogP contribution is 2.35. The Bertz CT molecular complexity index is 1600. The highest BCUT2D eigenvalue weighted by molar-refractivity contribution is 6.64. The molecule has 0 atom stereocenters. The molecule has 0 bridgehead atoms. The minimum Gasteiger partial charge on any atom is -0.478 e. The van der Waals surface area contributed by atoms with Gasteiger partial charge in [0.2, 0.25) is 0 Å². The predicted octanol–water partition coefficient (Wildman–Crippen LogP) is 5.01. The Hall–Kier alpha value is -5.05. The van der Waals surface area contributed by atoms with Crippen LogP contribution >= 0.6 is 0 Å². The molecule has 2 aliphatic rings. The lowest BCUT2D eigenvalue weighted by molar-refractivity contribution is -0.133. The van der Waals surface area contributed by atoms with Crippen LogP contribution in [0.2, 0.25) is 0 Å². The van der Waals surface area contributed by atoms with Crippen LogP contribution in [0.3, 0.4) is 0 Å². The number of carboxylic acids is 1. The molecule has 0 aromatic heterocycles. The predicted molar refractivity (Wildman–Crippen MR) is 160 cm³/mol. The lowest BCUT2D eigenvalue weighted by atomic mass is 9.94. The Morgan fingerprint density at radius 2 is 1.49 bits per heavy atom. The van der Waals surface area contributed by atoms with E-state index in [1.165, 1.54) is 9.91 Å². The van der Waals surface area contributed by atoms with Crippen molar-refractivity contribution in [1.82, 2.24) is 5.01 Å². The summed E-state index contributed by atoms with van der Waals surface area (Å²) >= 11 is 0. The van der Waals surface area contributed by atoms with Crippen molar-refractivity contribution in [2.75, 3.05) is 22.9 Å². The Labute approximate surface area is 238 Å². The number of fused-ring (bicyclic) bond motifs is 1. The molecule has 2 heterocycles. The Morgan fingerprint density at radius 1 is 0.902 bits per heavy atom. The molecule has 0 radical (unpaired) electrons. The molecule has 5 rings (SSSR count). The van der Waals surface area contributed by atoms with E-state index in [4.69, 9.17) is 0 Å². The van der Waals surface area contributed by atoms with Gasteiger partial charge in [0.1, 0.15) is 16.9 Å². The third kappa shape index (κ3) is 5.02. The first-order chi connectivity index (χ1) is 19.7. The van der Waals surface area contributed by atoms with Gasteiger partial charge in [0.15, 0.2) is 5.84 Å². The molecule has 0 aliphatic carbocycles. The van der Waals surface area contributed by atoms with Gasteiger partial charge in [0.05, 0.1) is 17.9 Å². The second-order valence-electron chi connectivity index (χ2n) is 9.86. The Kier molecular flexibility index (Phi) is 7.52. The zero-order chi connectivity index (χ0) is 29.3. The van der Waals surface area contributed by atoms with Crippen molar-refractivity contribution >= 4 is 46.4 Å². The van der Waals surface area contributed by atoms with E-state index in [0.717, 1.165) is 35.5 Å². The molecule has 0 fully saturated rings. The van der Waals surface area contributed by atoms with Crippen molar-refractivity contribution in [2.45, 2.75) is 34.2 Å². The summed E-state index contributed by atoms with van der Waals surface area (Å²) in [5, 5.41) is 16.1. The summed E-state index contributed by atoms with van der Waals surface area (Å²) < 4.78 is 0. The van der Waals surface area contributed by atoms with E-state index in [1.54, 1.807) is 30.3 Å². The number of hydrazone groups is 1. The number of anilines is 2. The molecule has 41 heavy (non-hydrogen) atoms. The number of carboxylic acid groups (broad SMARTS) is 1. The zero-order valence-corrected chi connectivity index (χ0v) is 23.5. The van der Waals surface area contributed by atoms with E-state index >= 15 is 0 Å². The molecule has 9 nitrogen and oxygen atoms in total. The van der Waals surface area contributed by atoms with Crippen LogP contribution in [-0.4, -0.2) is 52.5 Å². The number of nitrogens with zero attached hydrogens (tertiary/aromatic N) is 5.